The Kier molecular flexibility index (Phi) is 4.57. The molecule has 144 valence electrons. The Bertz CT molecular complexity index is 798. The van der Waals surface area contributed by atoms with Crippen molar-refractivity contribution in [1.82, 2.24) is 0 Å². The molecule has 0 saturated heterocycles. The summed E-state index contributed by atoms with van der Waals surface area (Å²) < 4.78 is 5.32. The Morgan fingerprint density at radius 3 is 2.78 bits per heavy atom. The molecule has 1 N–H and O–H groups in total. The minimum Gasteiger partial charge on any atom is -0.481 e. The highest BCUT2D eigenvalue weighted by Gasteiger charge is 2.54. The zero-order chi connectivity index (χ0) is 19.2. The third kappa shape index (κ3) is 3.17. The number of carboxylic acids is 1. The van der Waals surface area contributed by atoms with E-state index in [2.05, 4.69) is 13.0 Å². The number of hydrogen-bond acceptors (Lipinski definition) is 4. The Balaban J connectivity index is 1.50. The van der Waals surface area contributed by atoms with Crippen LogP contribution in [0.1, 0.15) is 68.9 Å². The molecule has 2 fully saturated rings. The fourth-order valence-electron chi connectivity index (χ4n) is 5.78. The van der Waals surface area contributed by atoms with Gasteiger partial charge < -0.3 is 9.84 Å². The van der Waals surface area contributed by atoms with Crippen molar-refractivity contribution in [1.29, 1.82) is 0 Å². The molecule has 1 aromatic carbocycles. The van der Waals surface area contributed by atoms with E-state index in [1.165, 1.54) is 11.1 Å². The highest BCUT2D eigenvalue weighted by atomic mass is 16.5. The van der Waals surface area contributed by atoms with Crippen LogP contribution in [0.4, 0.5) is 0 Å². The number of hydrogen-bond donors (Lipinski definition) is 1. The number of ketones is 1. The number of benzene rings is 1. The third-order valence-electron chi connectivity index (χ3n) is 7.18. The zero-order valence-electron chi connectivity index (χ0n) is 15.7. The van der Waals surface area contributed by atoms with Crippen LogP contribution in [0.25, 0.3) is 0 Å². The lowest BCUT2D eigenvalue weighted by molar-refractivity contribution is -0.142. The van der Waals surface area contributed by atoms with E-state index in [1.54, 1.807) is 0 Å². The molecule has 0 bridgehead atoms. The number of rotatable bonds is 4. The van der Waals surface area contributed by atoms with Crippen molar-refractivity contribution in [3.63, 3.8) is 0 Å². The summed E-state index contributed by atoms with van der Waals surface area (Å²) in [7, 11) is 0. The van der Waals surface area contributed by atoms with Gasteiger partial charge in [0.05, 0.1) is 12.8 Å². The van der Waals surface area contributed by atoms with E-state index in [-0.39, 0.29) is 18.3 Å². The first kappa shape index (κ1) is 18.2. The van der Waals surface area contributed by atoms with Gasteiger partial charge >= 0.3 is 11.9 Å². The van der Waals surface area contributed by atoms with Crippen molar-refractivity contribution in [2.24, 2.45) is 17.3 Å². The van der Waals surface area contributed by atoms with Crippen LogP contribution in [0, 0.1) is 17.3 Å². The van der Waals surface area contributed by atoms with E-state index >= 15 is 0 Å². The van der Waals surface area contributed by atoms with Crippen LogP contribution in [0.3, 0.4) is 0 Å². The number of carbonyl (C=O) groups excluding carboxylic acids is 2. The van der Waals surface area contributed by atoms with Crippen molar-refractivity contribution >= 4 is 17.7 Å². The summed E-state index contributed by atoms with van der Waals surface area (Å²) in [6.07, 6.45) is 5.49. The van der Waals surface area contributed by atoms with Gasteiger partial charge in [0.1, 0.15) is 11.5 Å². The lowest BCUT2D eigenvalue weighted by atomic mass is 9.55. The number of fused-ring (bicyclic) bond motifs is 5. The summed E-state index contributed by atoms with van der Waals surface area (Å²) in [4.78, 5) is 34.8. The van der Waals surface area contributed by atoms with Gasteiger partial charge in [-0.1, -0.05) is 13.0 Å². The van der Waals surface area contributed by atoms with Crippen LogP contribution in [-0.4, -0.2) is 22.8 Å². The molecule has 0 unspecified atom stereocenters. The predicted molar refractivity (Wildman–Crippen MR) is 98.6 cm³/mol. The summed E-state index contributed by atoms with van der Waals surface area (Å²) >= 11 is 0. The average molecular weight is 370 g/mol. The normalized spacial score (nSPS) is 31.6. The van der Waals surface area contributed by atoms with E-state index in [0.29, 0.717) is 29.3 Å². The van der Waals surface area contributed by atoms with Gasteiger partial charge in [-0.15, -0.1) is 0 Å². The number of carboxylic acid groups (broad SMARTS) is 1. The molecular weight excluding hydrogens is 344 g/mol. The van der Waals surface area contributed by atoms with Crippen molar-refractivity contribution in [2.45, 2.75) is 64.2 Å². The molecule has 0 aliphatic heterocycles. The van der Waals surface area contributed by atoms with Gasteiger partial charge in [-0.25, -0.2) is 0 Å². The number of aliphatic carboxylic acids is 1. The number of carbonyl (C=O) groups is 3. The molecule has 5 nitrogen and oxygen atoms in total. The van der Waals surface area contributed by atoms with Gasteiger partial charge in [-0.2, -0.15) is 0 Å². The maximum atomic E-state index is 12.4. The smallest absolute Gasteiger partial charge is 0.311 e. The number of ether oxygens (including phenoxy) is 1. The van der Waals surface area contributed by atoms with Gasteiger partial charge in [0.25, 0.3) is 0 Å². The Hall–Kier alpha value is -2.17. The van der Waals surface area contributed by atoms with Crippen LogP contribution in [-0.2, 0) is 20.8 Å². The van der Waals surface area contributed by atoms with Crippen LogP contribution in [0.15, 0.2) is 18.2 Å². The molecular formula is C22H26O5. The molecule has 4 atom stereocenters. The fourth-order valence-corrected chi connectivity index (χ4v) is 5.78. The quantitative estimate of drug-likeness (QED) is 0.642. The number of aryl methyl sites for hydroxylation is 1. The lowest BCUT2D eigenvalue weighted by Crippen LogP contribution is -2.42. The molecule has 4 rings (SSSR count). The lowest BCUT2D eigenvalue weighted by Gasteiger charge is -2.48. The second-order valence-corrected chi connectivity index (χ2v) is 8.56. The van der Waals surface area contributed by atoms with Crippen LogP contribution in [0.2, 0.25) is 0 Å². The first-order chi connectivity index (χ1) is 12.9. The molecule has 1 aromatic rings. The zero-order valence-corrected chi connectivity index (χ0v) is 15.7. The third-order valence-corrected chi connectivity index (χ3v) is 7.18. The van der Waals surface area contributed by atoms with E-state index in [9.17, 15) is 14.4 Å². The second-order valence-electron chi connectivity index (χ2n) is 8.56. The van der Waals surface area contributed by atoms with Crippen LogP contribution >= 0.6 is 0 Å². The van der Waals surface area contributed by atoms with E-state index < -0.39 is 11.9 Å². The van der Waals surface area contributed by atoms with Crippen LogP contribution in [0.5, 0.6) is 5.75 Å². The van der Waals surface area contributed by atoms with Crippen molar-refractivity contribution in [3.05, 3.63) is 29.3 Å². The van der Waals surface area contributed by atoms with Gasteiger partial charge in [0.15, 0.2) is 0 Å². The molecule has 0 spiro atoms. The SMILES string of the molecule is C[C@@]12CC[C@H]3c4ccc(OC(=O)CCC(=O)O)cc4CC[C@@H]3[C@H]1CCC2=O. The van der Waals surface area contributed by atoms with Gasteiger partial charge in [0.2, 0.25) is 0 Å². The highest BCUT2D eigenvalue weighted by Crippen LogP contribution is 2.59. The molecule has 3 aliphatic carbocycles. The monoisotopic (exact) mass is 370 g/mol. The first-order valence-corrected chi connectivity index (χ1v) is 9.97. The minimum atomic E-state index is -1.00. The number of Topliss-reactive ketones (excluding diaryl/α,β-unsaturated/α-hetero) is 1. The molecule has 27 heavy (non-hydrogen) atoms. The number of esters is 1. The molecule has 2 saturated carbocycles. The first-order valence-electron chi connectivity index (χ1n) is 9.97. The predicted octanol–water partition coefficient (Wildman–Crippen LogP) is 3.88. The fraction of sp³-hybridized carbons (Fsp3) is 0.591. The van der Waals surface area contributed by atoms with E-state index in [4.69, 9.17) is 9.84 Å². The average Bonchev–Trinajstić information content (AvgIpc) is 2.94. The summed E-state index contributed by atoms with van der Waals surface area (Å²) in [5, 5.41) is 8.67. The molecule has 5 heteroatoms. The van der Waals surface area contributed by atoms with E-state index in [0.717, 1.165) is 38.5 Å². The maximum Gasteiger partial charge on any atom is 0.311 e. The molecule has 3 aliphatic rings. The molecule has 0 aromatic heterocycles. The Morgan fingerprint density at radius 2 is 2.00 bits per heavy atom. The van der Waals surface area contributed by atoms with Gasteiger partial charge in [0, 0.05) is 11.8 Å². The van der Waals surface area contributed by atoms with Crippen molar-refractivity contribution < 1.29 is 24.2 Å². The summed E-state index contributed by atoms with van der Waals surface area (Å²) in [5.74, 6) is 1.02. The molecule has 0 amide bonds. The van der Waals surface area contributed by atoms with Crippen LogP contribution < -0.4 is 4.74 Å². The van der Waals surface area contributed by atoms with Crippen molar-refractivity contribution in [3.8, 4) is 5.75 Å². The Morgan fingerprint density at radius 1 is 1.19 bits per heavy atom. The molecule has 0 heterocycles. The standard InChI is InChI=1S/C22H26O5/c1-22-11-10-16-15-5-3-14(27-21(26)9-8-20(24)25)12-13(15)2-4-17(16)18(22)6-7-19(22)23/h3,5,12,16-18H,2,4,6-11H2,1H3,(H,24,25)/t16-,17-,18+,22+/m0/s1. The second kappa shape index (κ2) is 6.77. The highest BCUT2D eigenvalue weighted by molar-refractivity contribution is 5.87. The van der Waals surface area contributed by atoms with Gasteiger partial charge in [-0.05, 0) is 73.1 Å². The summed E-state index contributed by atoms with van der Waals surface area (Å²) in [6, 6.07) is 5.84. The molecule has 0 radical (unpaired) electrons. The largest absolute Gasteiger partial charge is 0.481 e. The Labute approximate surface area is 159 Å². The van der Waals surface area contributed by atoms with Crippen molar-refractivity contribution in [2.75, 3.05) is 0 Å². The summed E-state index contributed by atoms with van der Waals surface area (Å²) in [6.45, 7) is 2.18. The van der Waals surface area contributed by atoms with Gasteiger partial charge in [-0.3, -0.25) is 14.4 Å². The topological polar surface area (TPSA) is 80.7 Å². The minimum absolute atomic E-state index is 0.113. The summed E-state index contributed by atoms with van der Waals surface area (Å²) in [5.41, 5.74) is 2.46. The van der Waals surface area contributed by atoms with E-state index in [1.807, 2.05) is 12.1 Å². The maximum absolute atomic E-state index is 12.4.